The first-order valence-electron chi connectivity index (χ1n) is 9.45. The molecule has 2 aromatic carbocycles. The van der Waals surface area contributed by atoms with Crippen molar-refractivity contribution in [2.24, 2.45) is 0 Å². The van der Waals surface area contributed by atoms with Crippen LogP contribution in [-0.2, 0) is 4.79 Å². The van der Waals surface area contributed by atoms with Crippen LogP contribution in [0.4, 0.5) is 16.2 Å². The number of nitrogens with one attached hydrogen (secondary N) is 2. The highest BCUT2D eigenvalue weighted by molar-refractivity contribution is 6.30. The molecule has 2 heterocycles. The van der Waals surface area contributed by atoms with Crippen molar-refractivity contribution in [3.05, 3.63) is 94.6 Å². The minimum Gasteiger partial charge on any atom is -0.324 e. The van der Waals surface area contributed by atoms with E-state index >= 15 is 0 Å². The van der Waals surface area contributed by atoms with Gasteiger partial charge in [0.05, 0.1) is 6.20 Å². The molecule has 0 fully saturated rings. The lowest BCUT2D eigenvalue weighted by Gasteiger charge is -2.24. The number of hydrogen-bond donors (Lipinski definition) is 2. The summed E-state index contributed by atoms with van der Waals surface area (Å²) in [5.41, 5.74) is 1.53. The van der Waals surface area contributed by atoms with Crippen LogP contribution in [0.2, 0.25) is 5.02 Å². The number of anilines is 2. The highest BCUT2D eigenvalue weighted by atomic mass is 35.5. The highest BCUT2D eigenvalue weighted by Gasteiger charge is 2.30. The summed E-state index contributed by atoms with van der Waals surface area (Å²) in [6, 6.07) is 12.4. The number of nitrogens with zero attached hydrogens (tertiary/aromatic N) is 3. The van der Waals surface area contributed by atoms with Crippen molar-refractivity contribution in [3.8, 4) is 5.69 Å². The Kier molecular flexibility index (Phi) is 5.81. The highest BCUT2D eigenvalue weighted by Crippen LogP contribution is 2.18. The van der Waals surface area contributed by atoms with Gasteiger partial charge in [-0.05, 0) is 48.5 Å². The molecule has 8 nitrogen and oxygen atoms in total. The molecule has 1 aliphatic rings. The first-order chi connectivity index (χ1) is 15.0. The van der Waals surface area contributed by atoms with Crippen LogP contribution in [0.3, 0.4) is 0 Å². The van der Waals surface area contributed by atoms with Crippen molar-refractivity contribution < 1.29 is 9.59 Å². The summed E-state index contributed by atoms with van der Waals surface area (Å²) in [6.45, 7) is 0.321. The summed E-state index contributed by atoms with van der Waals surface area (Å²) < 4.78 is 1.45. The molecule has 156 valence electrons. The quantitative estimate of drug-likeness (QED) is 0.614. The van der Waals surface area contributed by atoms with Crippen LogP contribution in [-0.4, -0.2) is 39.0 Å². The van der Waals surface area contributed by atoms with Crippen LogP contribution in [0.5, 0.6) is 0 Å². The molecule has 0 bridgehead atoms. The third kappa shape index (κ3) is 4.65. The number of rotatable bonds is 4. The zero-order valence-electron chi connectivity index (χ0n) is 16.2. The van der Waals surface area contributed by atoms with E-state index < -0.39 is 6.04 Å². The zero-order chi connectivity index (χ0) is 21.8. The van der Waals surface area contributed by atoms with Crippen molar-refractivity contribution in [1.82, 2.24) is 14.5 Å². The molecule has 0 aliphatic carbocycles. The third-order valence-electron chi connectivity index (χ3n) is 4.72. The van der Waals surface area contributed by atoms with E-state index in [1.165, 1.54) is 21.9 Å². The summed E-state index contributed by atoms with van der Waals surface area (Å²) in [5, 5.41) is 6.13. The molecule has 1 aromatic heterocycles. The van der Waals surface area contributed by atoms with E-state index in [4.69, 9.17) is 11.6 Å². The lowest BCUT2D eigenvalue weighted by molar-refractivity contribution is -0.118. The molecule has 0 saturated heterocycles. The van der Waals surface area contributed by atoms with Crippen LogP contribution >= 0.6 is 11.6 Å². The molecule has 0 radical (unpaired) electrons. The van der Waals surface area contributed by atoms with Gasteiger partial charge in [0.1, 0.15) is 6.04 Å². The van der Waals surface area contributed by atoms with Crippen molar-refractivity contribution in [1.29, 1.82) is 0 Å². The predicted octanol–water partition coefficient (Wildman–Crippen LogP) is 3.30. The normalized spacial score (nSPS) is 15.0. The Hall–Kier alpha value is -3.91. The van der Waals surface area contributed by atoms with Gasteiger partial charge in [0.25, 0.3) is 11.5 Å². The van der Waals surface area contributed by atoms with Gasteiger partial charge in [-0.15, -0.1) is 0 Å². The van der Waals surface area contributed by atoms with Crippen LogP contribution in [0.15, 0.2) is 84.1 Å². The molecule has 0 spiro atoms. The van der Waals surface area contributed by atoms with E-state index in [1.54, 1.807) is 66.9 Å². The molecule has 1 aliphatic heterocycles. The van der Waals surface area contributed by atoms with E-state index in [0.717, 1.165) is 0 Å². The average Bonchev–Trinajstić information content (AvgIpc) is 3.27. The van der Waals surface area contributed by atoms with Crippen LogP contribution < -0.4 is 16.2 Å². The van der Waals surface area contributed by atoms with Gasteiger partial charge >= 0.3 is 6.03 Å². The SMILES string of the molecule is O=C(Nc1ccc(-n2ccncc2=O)cc1)[C@H]1C=CCN1C(=O)Nc1ccc(Cl)cc1. The Morgan fingerprint density at radius 1 is 1.00 bits per heavy atom. The van der Waals surface area contributed by atoms with E-state index in [1.807, 2.05) is 0 Å². The monoisotopic (exact) mass is 435 g/mol. The summed E-state index contributed by atoms with van der Waals surface area (Å²) in [6.07, 6.45) is 7.77. The molecule has 2 N–H and O–H groups in total. The lowest BCUT2D eigenvalue weighted by Crippen LogP contribution is -2.45. The number of hydrogen-bond acceptors (Lipinski definition) is 4. The van der Waals surface area contributed by atoms with Gasteiger partial charge in [0.2, 0.25) is 0 Å². The largest absolute Gasteiger partial charge is 0.324 e. The van der Waals surface area contributed by atoms with Crippen molar-refractivity contribution in [2.75, 3.05) is 17.2 Å². The topological polar surface area (TPSA) is 96.3 Å². The fraction of sp³-hybridized carbons (Fsp3) is 0.0909. The molecule has 1 atom stereocenters. The molecule has 3 amide bonds. The van der Waals surface area contributed by atoms with Gasteiger partial charge in [0, 0.05) is 41.0 Å². The number of carbonyl (C=O) groups is 2. The molecular weight excluding hydrogens is 418 g/mol. The van der Waals surface area contributed by atoms with Gasteiger partial charge in [-0.1, -0.05) is 23.8 Å². The predicted molar refractivity (Wildman–Crippen MR) is 119 cm³/mol. The Bertz CT molecular complexity index is 1190. The molecular formula is C22H18ClN5O3. The second-order valence-corrected chi connectivity index (χ2v) is 7.22. The zero-order valence-corrected chi connectivity index (χ0v) is 17.0. The average molecular weight is 436 g/mol. The van der Waals surface area contributed by atoms with Crippen LogP contribution in [0, 0.1) is 0 Å². The summed E-state index contributed by atoms with van der Waals surface area (Å²) in [4.78, 5) is 42.5. The summed E-state index contributed by atoms with van der Waals surface area (Å²) in [5.74, 6) is -0.339. The smallest absolute Gasteiger partial charge is 0.323 e. The van der Waals surface area contributed by atoms with Crippen LogP contribution in [0.1, 0.15) is 0 Å². The minimum atomic E-state index is -0.741. The van der Waals surface area contributed by atoms with Gasteiger partial charge in [-0.25, -0.2) is 4.79 Å². The molecule has 31 heavy (non-hydrogen) atoms. The van der Waals surface area contributed by atoms with Crippen molar-refractivity contribution in [3.63, 3.8) is 0 Å². The van der Waals surface area contributed by atoms with Gasteiger partial charge < -0.3 is 15.5 Å². The fourth-order valence-electron chi connectivity index (χ4n) is 3.17. The fourth-order valence-corrected chi connectivity index (χ4v) is 3.30. The maximum atomic E-state index is 12.8. The molecule has 0 saturated carbocycles. The lowest BCUT2D eigenvalue weighted by atomic mass is 10.2. The second kappa shape index (κ2) is 8.85. The van der Waals surface area contributed by atoms with Gasteiger partial charge in [-0.2, -0.15) is 0 Å². The van der Waals surface area contributed by atoms with E-state index in [2.05, 4.69) is 15.6 Å². The van der Waals surface area contributed by atoms with Gasteiger partial charge in [-0.3, -0.25) is 19.1 Å². The Morgan fingerprint density at radius 3 is 2.39 bits per heavy atom. The number of amides is 3. The Morgan fingerprint density at radius 2 is 1.68 bits per heavy atom. The number of urea groups is 1. The first-order valence-corrected chi connectivity index (χ1v) is 9.83. The minimum absolute atomic E-state index is 0.252. The molecule has 9 heteroatoms. The number of aromatic nitrogens is 2. The van der Waals surface area contributed by atoms with E-state index in [-0.39, 0.29) is 17.5 Å². The van der Waals surface area contributed by atoms with Gasteiger partial charge in [0.15, 0.2) is 0 Å². The molecule has 4 rings (SSSR count). The second-order valence-electron chi connectivity index (χ2n) is 6.78. The van der Waals surface area contributed by atoms with E-state index in [0.29, 0.717) is 28.6 Å². The standard InChI is InChI=1S/C22H18ClN5O3/c23-15-3-5-17(6-4-15)26-22(31)28-12-1-2-19(28)21(30)25-16-7-9-18(10-8-16)27-13-11-24-14-20(27)29/h1-11,13-14,19H,12H2,(H,25,30)(H,26,31)/t19-/m1/s1. The van der Waals surface area contributed by atoms with Crippen molar-refractivity contribution in [2.45, 2.75) is 6.04 Å². The Balaban J connectivity index is 1.42. The molecule has 0 unspecified atom stereocenters. The summed E-state index contributed by atoms with van der Waals surface area (Å²) >= 11 is 5.86. The number of halogens is 1. The summed E-state index contributed by atoms with van der Waals surface area (Å²) in [7, 11) is 0. The number of benzene rings is 2. The third-order valence-corrected chi connectivity index (χ3v) is 4.97. The first kappa shape index (κ1) is 20.4. The Labute approximate surface area is 182 Å². The maximum Gasteiger partial charge on any atom is 0.323 e. The number of carbonyl (C=O) groups excluding carboxylic acids is 2. The maximum absolute atomic E-state index is 12.8. The van der Waals surface area contributed by atoms with E-state index in [9.17, 15) is 14.4 Å². The van der Waals surface area contributed by atoms with Crippen LogP contribution in [0.25, 0.3) is 5.69 Å². The van der Waals surface area contributed by atoms with Crippen molar-refractivity contribution >= 4 is 34.9 Å². The molecule has 3 aromatic rings.